The molecule has 0 spiro atoms. The average Bonchev–Trinajstić information content (AvgIpc) is 2.68. The van der Waals surface area contributed by atoms with Crippen molar-refractivity contribution in [2.45, 2.75) is 39.2 Å². The molecule has 0 aromatic carbocycles. The van der Waals surface area contributed by atoms with Crippen LogP contribution in [0.5, 0.6) is 0 Å². The van der Waals surface area contributed by atoms with Crippen LogP contribution in [-0.4, -0.2) is 15.6 Å². The molecule has 1 aromatic rings. The van der Waals surface area contributed by atoms with Crippen LogP contribution in [0.15, 0.2) is 12.3 Å². The Kier molecular flexibility index (Phi) is 3.03. The van der Waals surface area contributed by atoms with E-state index >= 15 is 0 Å². The number of carboxylic acid groups (broad SMARTS) is 1. The van der Waals surface area contributed by atoms with E-state index in [0.29, 0.717) is 17.2 Å². The summed E-state index contributed by atoms with van der Waals surface area (Å²) in [5.41, 5.74) is 0.767. The third-order valence-corrected chi connectivity index (χ3v) is 3.96. The second kappa shape index (κ2) is 4.05. The molecular weight excluding hydrogens is 317 g/mol. The lowest BCUT2D eigenvalue weighted by molar-refractivity contribution is 0.0682. The number of carbonyl (C=O) groups is 1. The fourth-order valence-corrected chi connectivity index (χ4v) is 3.15. The highest BCUT2D eigenvalue weighted by Crippen LogP contribution is 2.44. The van der Waals surface area contributed by atoms with Crippen molar-refractivity contribution >= 4 is 28.6 Å². The van der Waals surface area contributed by atoms with Gasteiger partial charge in [0, 0.05) is 15.8 Å². The molecule has 1 fully saturated rings. The molecule has 1 saturated carbocycles. The first-order valence-corrected chi connectivity index (χ1v) is 6.58. The third-order valence-electron chi connectivity index (χ3n) is 3.37. The Hall–Kier alpha value is -0.520. The minimum absolute atomic E-state index is 0.343. The van der Waals surface area contributed by atoms with Crippen LogP contribution in [0.2, 0.25) is 0 Å². The maximum atomic E-state index is 11.1. The van der Waals surface area contributed by atoms with E-state index in [1.807, 2.05) is 10.8 Å². The van der Waals surface area contributed by atoms with Gasteiger partial charge in [-0.2, -0.15) is 0 Å². The molecule has 1 atom stereocenters. The lowest BCUT2D eigenvalue weighted by atomic mass is 9.92. The van der Waals surface area contributed by atoms with Crippen molar-refractivity contribution in [3.63, 3.8) is 0 Å². The van der Waals surface area contributed by atoms with Crippen LogP contribution in [0.1, 0.15) is 49.6 Å². The molecular formula is C12H16INO2. The van der Waals surface area contributed by atoms with E-state index in [-0.39, 0.29) is 0 Å². The molecule has 1 aromatic heterocycles. The van der Waals surface area contributed by atoms with Crippen LogP contribution in [0, 0.1) is 8.99 Å². The van der Waals surface area contributed by atoms with Crippen molar-refractivity contribution < 1.29 is 9.90 Å². The van der Waals surface area contributed by atoms with Gasteiger partial charge in [0.15, 0.2) is 0 Å². The van der Waals surface area contributed by atoms with E-state index in [4.69, 9.17) is 5.11 Å². The van der Waals surface area contributed by atoms with Gasteiger partial charge in [-0.1, -0.05) is 13.8 Å². The predicted octanol–water partition coefficient (Wildman–Crippen LogP) is 3.54. The molecule has 0 saturated heterocycles. The van der Waals surface area contributed by atoms with E-state index < -0.39 is 5.97 Å². The molecule has 0 radical (unpaired) electrons. The maximum Gasteiger partial charge on any atom is 0.352 e. The van der Waals surface area contributed by atoms with Crippen LogP contribution in [-0.2, 0) is 0 Å². The number of nitrogens with zero attached hydrogens (tertiary/aromatic N) is 1. The minimum atomic E-state index is -0.826. The van der Waals surface area contributed by atoms with E-state index in [1.165, 1.54) is 6.42 Å². The fourth-order valence-electron chi connectivity index (χ4n) is 2.56. The number of halogens is 1. The number of aromatic nitrogens is 1. The van der Waals surface area contributed by atoms with Crippen molar-refractivity contribution in [3.05, 3.63) is 21.5 Å². The van der Waals surface area contributed by atoms with Gasteiger partial charge in [-0.05, 0) is 53.3 Å². The lowest BCUT2D eigenvalue weighted by Gasteiger charge is -2.19. The molecule has 16 heavy (non-hydrogen) atoms. The van der Waals surface area contributed by atoms with E-state index in [2.05, 4.69) is 36.4 Å². The zero-order valence-corrected chi connectivity index (χ0v) is 11.7. The second-order valence-corrected chi connectivity index (χ2v) is 6.56. The zero-order valence-electron chi connectivity index (χ0n) is 9.53. The number of aromatic carboxylic acids is 1. The van der Waals surface area contributed by atoms with Crippen LogP contribution < -0.4 is 0 Å². The summed E-state index contributed by atoms with van der Waals surface area (Å²) in [5, 5.41) is 9.15. The van der Waals surface area contributed by atoms with Crippen molar-refractivity contribution in [1.29, 1.82) is 0 Å². The van der Waals surface area contributed by atoms with Crippen molar-refractivity contribution in [1.82, 2.24) is 4.57 Å². The second-order valence-electron chi connectivity index (χ2n) is 5.32. The Morgan fingerprint density at radius 1 is 1.62 bits per heavy atom. The Morgan fingerprint density at radius 2 is 2.31 bits per heavy atom. The monoisotopic (exact) mass is 333 g/mol. The summed E-state index contributed by atoms with van der Waals surface area (Å²) in [4.78, 5) is 11.1. The number of rotatable bonds is 2. The summed E-state index contributed by atoms with van der Waals surface area (Å²) < 4.78 is 2.94. The van der Waals surface area contributed by atoms with Gasteiger partial charge in [0.2, 0.25) is 0 Å². The minimum Gasteiger partial charge on any atom is -0.477 e. The smallest absolute Gasteiger partial charge is 0.352 e. The first kappa shape index (κ1) is 12.0. The summed E-state index contributed by atoms with van der Waals surface area (Å²) in [6, 6.07) is 2.10. The SMILES string of the molecule is CC1(C)CCC(n2cc(I)cc2C(=O)O)C1. The van der Waals surface area contributed by atoms with Crippen molar-refractivity contribution in [2.24, 2.45) is 5.41 Å². The van der Waals surface area contributed by atoms with Gasteiger partial charge in [0.05, 0.1) is 0 Å². The van der Waals surface area contributed by atoms with Crippen LogP contribution in [0.4, 0.5) is 0 Å². The van der Waals surface area contributed by atoms with Gasteiger partial charge < -0.3 is 9.67 Å². The molecule has 1 unspecified atom stereocenters. The molecule has 1 aliphatic rings. The van der Waals surface area contributed by atoms with Gasteiger partial charge in [-0.25, -0.2) is 4.79 Å². The van der Waals surface area contributed by atoms with Gasteiger partial charge in [0.1, 0.15) is 5.69 Å². The Morgan fingerprint density at radius 3 is 2.81 bits per heavy atom. The van der Waals surface area contributed by atoms with E-state index in [9.17, 15) is 4.79 Å². The third kappa shape index (κ3) is 2.26. The van der Waals surface area contributed by atoms with Crippen LogP contribution in [0.25, 0.3) is 0 Å². The highest BCUT2D eigenvalue weighted by molar-refractivity contribution is 14.1. The number of carboxylic acids is 1. The normalized spacial score (nSPS) is 23.6. The molecule has 1 heterocycles. The summed E-state index contributed by atoms with van der Waals surface area (Å²) in [6.07, 6.45) is 5.28. The van der Waals surface area contributed by atoms with E-state index in [0.717, 1.165) is 16.4 Å². The summed E-state index contributed by atoms with van der Waals surface area (Å²) in [7, 11) is 0. The standard InChI is InChI=1S/C12H16INO2/c1-12(2)4-3-9(6-12)14-7-8(13)5-10(14)11(15)16/h5,7,9H,3-4,6H2,1-2H3,(H,15,16). The van der Waals surface area contributed by atoms with Crippen molar-refractivity contribution in [3.8, 4) is 0 Å². The lowest BCUT2D eigenvalue weighted by Crippen LogP contribution is -2.13. The summed E-state index contributed by atoms with van der Waals surface area (Å²) in [5.74, 6) is -0.826. The van der Waals surface area contributed by atoms with Crippen LogP contribution in [0.3, 0.4) is 0 Å². The van der Waals surface area contributed by atoms with E-state index in [1.54, 1.807) is 6.07 Å². The molecule has 0 aliphatic heterocycles. The van der Waals surface area contributed by atoms with Gasteiger partial charge in [-0.3, -0.25) is 0 Å². The quantitative estimate of drug-likeness (QED) is 0.841. The first-order chi connectivity index (χ1) is 7.39. The molecule has 4 heteroatoms. The molecule has 0 amide bonds. The van der Waals surface area contributed by atoms with Gasteiger partial charge in [-0.15, -0.1) is 0 Å². The Balaban J connectivity index is 2.31. The molecule has 3 nitrogen and oxygen atoms in total. The molecule has 1 aliphatic carbocycles. The largest absolute Gasteiger partial charge is 0.477 e. The molecule has 0 bridgehead atoms. The molecule has 88 valence electrons. The first-order valence-electron chi connectivity index (χ1n) is 5.50. The predicted molar refractivity (Wildman–Crippen MR) is 70.8 cm³/mol. The highest BCUT2D eigenvalue weighted by atomic mass is 127. The zero-order chi connectivity index (χ0) is 11.9. The fraction of sp³-hybridized carbons (Fsp3) is 0.583. The van der Waals surface area contributed by atoms with Gasteiger partial charge in [0.25, 0.3) is 0 Å². The Bertz CT molecular complexity index is 423. The van der Waals surface area contributed by atoms with Crippen molar-refractivity contribution in [2.75, 3.05) is 0 Å². The Labute approximate surface area is 109 Å². The maximum absolute atomic E-state index is 11.1. The van der Waals surface area contributed by atoms with Gasteiger partial charge >= 0.3 is 5.97 Å². The molecule has 2 rings (SSSR count). The topological polar surface area (TPSA) is 42.2 Å². The average molecular weight is 333 g/mol. The summed E-state index contributed by atoms with van der Waals surface area (Å²) in [6.45, 7) is 4.50. The summed E-state index contributed by atoms with van der Waals surface area (Å²) >= 11 is 2.17. The molecule has 1 N–H and O–H groups in total. The number of hydrogen-bond acceptors (Lipinski definition) is 1. The number of hydrogen-bond donors (Lipinski definition) is 1. The van der Waals surface area contributed by atoms with Crippen LogP contribution >= 0.6 is 22.6 Å². The highest BCUT2D eigenvalue weighted by Gasteiger charge is 2.33.